The van der Waals surface area contributed by atoms with Gasteiger partial charge in [0.1, 0.15) is 5.70 Å². The quantitative estimate of drug-likeness (QED) is 0.444. The molecule has 1 aliphatic heterocycles. The Labute approximate surface area is 201 Å². The van der Waals surface area contributed by atoms with E-state index >= 15 is 0 Å². The third kappa shape index (κ3) is 5.24. The molecular weight excluding hydrogens is 424 g/mol. The van der Waals surface area contributed by atoms with Gasteiger partial charge < -0.3 is 9.47 Å². The summed E-state index contributed by atoms with van der Waals surface area (Å²) in [7, 11) is 0. The molecule has 0 unspecified atom stereocenters. The lowest BCUT2D eigenvalue weighted by Crippen LogP contribution is -2.40. The predicted octanol–water partition coefficient (Wildman–Crippen LogP) is 2.43. The van der Waals surface area contributed by atoms with Gasteiger partial charge in [-0.05, 0) is 62.1 Å². The Bertz CT molecular complexity index is 1220. The molecular formula is C27H34N6O. The van der Waals surface area contributed by atoms with Gasteiger partial charge in [-0.2, -0.15) is 0 Å². The minimum atomic E-state index is 0.374. The number of hydrogen-bond donors (Lipinski definition) is 2. The van der Waals surface area contributed by atoms with Gasteiger partial charge in [0.2, 0.25) is 5.95 Å². The van der Waals surface area contributed by atoms with Crippen molar-refractivity contribution < 1.29 is 5.21 Å². The number of hydrogen-bond acceptors (Lipinski definition) is 6. The van der Waals surface area contributed by atoms with Crippen molar-refractivity contribution in [2.24, 2.45) is 5.92 Å². The van der Waals surface area contributed by atoms with Crippen molar-refractivity contribution in [3.05, 3.63) is 70.5 Å². The van der Waals surface area contributed by atoms with Crippen LogP contribution in [-0.2, 0) is 13.1 Å². The van der Waals surface area contributed by atoms with Crippen LogP contribution >= 0.6 is 0 Å². The molecule has 7 heteroatoms. The molecule has 2 N–H and O–H groups in total. The fraction of sp³-hybridized carbons (Fsp3) is 0.407. The van der Waals surface area contributed by atoms with Gasteiger partial charge in [0.05, 0.1) is 0 Å². The summed E-state index contributed by atoms with van der Waals surface area (Å²) in [5.41, 5.74) is 10.3. The number of aryl methyl sites for hydroxylation is 1. The van der Waals surface area contributed by atoms with E-state index in [0.717, 1.165) is 58.1 Å². The standard InChI is InChI=1S/C27H34N6O/c1-4-25(30-34)22-16-28-27(29-17-22)33-14-12-21(13-15-33)18-31(5-2)19-23-20-32(6-3)26-11-9-7-8-10-24(23)26/h8-11,16-17,20-21,30,34H,1,5-6,12-15,18-19H2,2-3H3. The summed E-state index contributed by atoms with van der Waals surface area (Å²) in [4.78, 5) is 13.8. The second-order valence-electron chi connectivity index (χ2n) is 8.77. The molecule has 2 aromatic rings. The lowest BCUT2D eigenvalue weighted by molar-refractivity contribution is 0.212. The largest absolute Gasteiger partial charge is 0.347 e. The second-order valence-corrected chi connectivity index (χ2v) is 8.77. The monoisotopic (exact) mass is 458 g/mol. The predicted molar refractivity (Wildman–Crippen MR) is 136 cm³/mol. The number of piperidine rings is 1. The van der Waals surface area contributed by atoms with E-state index in [1.54, 1.807) is 12.4 Å². The Morgan fingerprint density at radius 3 is 2.62 bits per heavy atom. The van der Waals surface area contributed by atoms with Gasteiger partial charge in [0, 0.05) is 67.4 Å². The maximum absolute atomic E-state index is 9.13. The summed E-state index contributed by atoms with van der Waals surface area (Å²) >= 11 is 0. The SMILES string of the molecule is C=C=C(NO)c1cnc(N2CCC(CN(CC)Cc3cn(CC)c4c3=CC=C=CC=4)CC2)nc1. The molecule has 178 valence electrons. The zero-order valence-corrected chi connectivity index (χ0v) is 20.2. The van der Waals surface area contributed by atoms with Gasteiger partial charge >= 0.3 is 0 Å². The van der Waals surface area contributed by atoms with Crippen molar-refractivity contribution in [2.45, 2.75) is 39.8 Å². The lowest BCUT2D eigenvalue weighted by Gasteiger charge is -2.34. The van der Waals surface area contributed by atoms with Crippen molar-refractivity contribution in [1.29, 1.82) is 0 Å². The number of fused-ring (bicyclic) bond motifs is 1. The zero-order valence-electron chi connectivity index (χ0n) is 20.2. The van der Waals surface area contributed by atoms with Gasteiger partial charge in [-0.3, -0.25) is 15.6 Å². The summed E-state index contributed by atoms with van der Waals surface area (Å²) in [5.74, 6) is 1.39. The highest BCUT2D eigenvalue weighted by molar-refractivity contribution is 5.61. The maximum Gasteiger partial charge on any atom is 0.225 e. The van der Waals surface area contributed by atoms with Crippen molar-refractivity contribution in [3.63, 3.8) is 0 Å². The van der Waals surface area contributed by atoms with Crippen LogP contribution in [0.1, 0.15) is 37.8 Å². The Balaban J connectivity index is 1.37. The average molecular weight is 459 g/mol. The zero-order chi connectivity index (χ0) is 23.9. The molecule has 0 radical (unpaired) electrons. The van der Waals surface area contributed by atoms with Crippen molar-refractivity contribution in [3.8, 4) is 0 Å². The fourth-order valence-corrected chi connectivity index (χ4v) is 4.77. The number of hydroxylamine groups is 1. The molecule has 1 saturated heterocycles. The maximum atomic E-state index is 9.13. The molecule has 0 amide bonds. The minimum Gasteiger partial charge on any atom is -0.347 e. The van der Waals surface area contributed by atoms with Gasteiger partial charge in [0.25, 0.3) is 0 Å². The molecule has 2 aromatic heterocycles. The van der Waals surface area contributed by atoms with Crippen LogP contribution in [0.5, 0.6) is 0 Å². The third-order valence-electron chi connectivity index (χ3n) is 6.74. The molecule has 34 heavy (non-hydrogen) atoms. The van der Waals surface area contributed by atoms with Gasteiger partial charge in [-0.25, -0.2) is 9.97 Å². The first kappa shape index (κ1) is 23.8. The van der Waals surface area contributed by atoms with Crippen molar-refractivity contribution >= 4 is 23.8 Å². The number of allylic oxidation sites excluding steroid dienone is 1. The molecule has 1 fully saturated rings. The van der Waals surface area contributed by atoms with Gasteiger partial charge in [-0.15, -0.1) is 11.5 Å². The van der Waals surface area contributed by atoms with Crippen LogP contribution in [0.2, 0.25) is 0 Å². The van der Waals surface area contributed by atoms with Crippen LogP contribution in [0.15, 0.2) is 48.8 Å². The molecule has 4 rings (SSSR count). The molecule has 0 spiro atoms. The van der Waals surface area contributed by atoms with Crippen LogP contribution in [0.4, 0.5) is 5.95 Å². The van der Waals surface area contributed by atoms with Crippen LogP contribution in [0, 0.1) is 5.92 Å². The van der Waals surface area contributed by atoms with Crippen LogP contribution in [-0.4, -0.2) is 50.8 Å². The van der Waals surface area contributed by atoms with Crippen molar-refractivity contribution in [1.82, 2.24) is 24.9 Å². The van der Waals surface area contributed by atoms with Crippen LogP contribution in [0.25, 0.3) is 17.8 Å². The van der Waals surface area contributed by atoms with Gasteiger partial charge in [0.15, 0.2) is 0 Å². The Morgan fingerprint density at radius 1 is 1.24 bits per heavy atom. The normalized spacial score (nSPS) is 15.4. The Hall–Kier alpha value is -3.34. The minimum absolute atomic E-state index is 0.374. The number of nitrogens with one attached hydrogen (secondary N) is 1. The molecule has 3 heterocycles. The molecule has 1 aliphatic carbocycles. The number of rotatable bonds is 9. The average Bonchev–Trinajstić information content (AvgIpc) is 3.03. The van der Waals surface area contributed by atoms with E-state index in [9.17, 15) is 0 Å². The third-order valence-corrected chi connectivity index (χ3v) is 6.74. The first-order valence-corrected chi connectivity index (χ1v) is 12.1. The molecule has 0 aromatic carbocycles. The molecule has 7 nitrogen and oxygen atoms in total. The second kappa shape index (κ2) is 11.2. The lowest BCUT2D eigenvalue weighted by atomic mass is 9.96. The fourth-order valence-electron chi connectivity index (χ4n) is 4.77. The van der Waals surface area contributed by atoms with Crippen LogP contribution < -0.4 is 20.9 Å². The van der Waals surface area contributed by atoms with Crippen LogP contribution in [0.3, 0.4) is 0 Å². The first-order valence-electron chi connectivity index (χ1n) is 12.1. The topological polar surface area (TPSA) is 69.5 Å². The summed E-state index contributed by atoms with van der Waals surface area (Å²) < 4.78 is 2.33. The highest BCUT2D eigenvalue weighted by Crippen LogP contribution is 2.22. The van der Waals surface area contributed by atoms with E-state index in [1.165, 1.54) is 16.1 Å². The number of nitrogens with zero attached hydrogens (tertiary/aromatic N) is 5. The van der Waals surface area contributed by atoms with E-state index in [0.29, 0.717) is 17.2 Å². The summed E-state index contributed by atoms with van der Waals surface area (Å²) in [6.07, 6.45) is 16.3. The number of aromatic nitrogens is 3. The van der Waals surface area contributed by atoms with E-state index in [-0.39, 0.29) is 0 Å². The molecule has 0 bridgehead atoms. The van der Waals surface area contributed by atoms with E-state index in [2.05, 4.69) is 80.1 Å². The molecule has 2 aliphatic rings. The van der Waals surface area contributed by atoms with E-state index in [1.807, 2.05) is 12.2 Å². The van der Waals surface area contributed by atoms with E-state index in [4.69, 9.17) is 5.21 Å². The highest BCUT2D eigenvalue weighted by Gasteiger charge is 2.23. The smallest absolute Gasteiger partial charge is 0.225 e. The summed E-state index contributed by atoms with van der Waals surface area (Å²) in [5, 5.41) is 11.7. The van der Waals surface area contributed by atoms with E-state index < -0.39 is 0 Å². The molecule has 0 saturated carbocycles. The Morgan fingerprint density at radius 2 is 1.97 bits per heavy atom. The Kier molecular flexibility index (Phi) is 7.84. The summed E-state index contributed by atoms with van der Waals surface area (Å²) in [6.45, 7) is 14.0. The molecule has 0 atom stereocenters. The van der Waals surface area contributed by atoms with Crippen molar-refractivity contribution in [2.75, 3.05) is 31.1 Å². The first-order chi connectivity index (χ1) is 16.7. The highest BCUT2D eigenvalue weighted by atomic mass is 16.5. The van der Waals surface area contributed by atoms with Gasteiger partial charge in [-0.1, -0.05) is 13.5 Å². The summed E-state index contributed by atoms with van der Waals surface area (Å²) in [6, 6.07) is 0. The number of anilines is 1.